The number of aromatic nitrogens is 3. The zero-order valence-electron chi connectivity index (χ0n) is 19.4. The second-order valence-electron chi connectivity index (χ2n) is 8.28. The van der Waals surface area contributed by atoms with Gasteiger partial charge in [-0.2, -0.15) is 0 Å². The summed E-state index contributed by atoms with van der Waals surface area (Å²) in [7, 11) is -2.74. The van der Waals surface area contributed by atoms with Gasteiger partial charge in [0, 0.05) is 18.7 Å². The lowest BCUT2D eigenvalue weighted by atomic mass is 9.92. The van der Waals surface area contributed by atoms with E-state index in [9.17, 15) is 21.6 Å². The van der Waals surface area contributed by atoms with Crippen molar-refractivity contribution in [3.63, 3.8) is 0 Å². The molecule has 0 aliphatic carbocycles. The van der Waals surface area contributed by atoms with E-state index in [1.165, 1.54) is 20.2 Å². The van der Waals surface area contributed by atoms with Crippen molar-refractivity contribution in [2.75, 3.05) is 12.8 Å². The molecule has 14 heteroatoms. The highest BCUT2D eigenvalue weighted by Gasteiger charge is 2.42. The molecule has 2 N–H and O–H groups in total. The Labute approximate surface area is 204 Å². The average Bonchev–Trinajstić information content (AvgIpc) is 3.23. The molecular weight excluding hydrogens is 501 g/mol. The van der Waals surface area contributed by atoms with E-state index in [1.807, 2.05) is 0 Å². The number of rotatable bonds is 6. The van der Waals surface area contributed by atoms with Gasteiger partial charge in [0.05, 0.1) is 18.1 Å². The molecule has 0 fully saturated rings. The van der Waals surface area contributed by atoms with Gasteiger partial charge in [0.15, 0.2) is 17.5 Å². The Morgan fingerprint density at radius 2 is 2.03 bits per heavy atom. The second kappa shape index (κ2) is 9.26. The van der Waals surface area contributed by atoms with E-state index in [2.05, 4.69) is 20.1 Å². The maximum atomic E-state index is 14.9. The van der Waals surface area contributed by atoms with Crippen molar-refractivity contribution >= 4 is 27.9 Å². The maximum Gasteiger partial charge on any atom is 0.239 e. The van der Waals surface area contributed by atoms with E-state index in [1.54, 1.807) is 13.0 Å². The fourth-order valence-corrected chi connectivity index (χ4v) is 4.99. The number of guanidine groups is 1. The molecule has 0 radical (unpaired) electrons. The van der Waals surface area contributed by atoms with Crippen LogP contribution in [0.15, 0.2) is 40.1 Å². The van der Waals surface area contributed by atoms with Gasteiger partial charge in [-0.1, -0.05) is 5.16 Å². The summed E-state index contributed by atoms with van der Waals surface area (Å²) >= 11 is 0. The average molecular weight is 523 g/mol. The SMILES string of the molecule is Cc1cc(COc2cnc(C(F)=Cc3cc(F)c(F)c(C4(C)CS(=O)(=O)N(C)C(N)=N4)c3)cn2)no1. The molecule has 36 heavy (non-hydrogen) atoms. The van der Waals surface area contributed by atoms with Gasteiger partial charge in [-0.15, -0.1) is 0 Å². The predicted octanol–water partition coefficient (Wildman–Crippen LogP) is 2.90. The second-order valence-corrected chi connectivity index (χ2v) is 10.3. The summed E-state index contributed by atoms with van der Waals surface area (Å²) in [5.74, 6) is -3.84. The van der Waals surface area contributed by atoms with Crippen LogP contribution in [0, 0.1) is 18.6 Å². The normalized spacial score (nSPS) is 19.8. The molecule has 3 aromatic rings. The number of ether oxygens (including phenoxy) is 1. The molecule has 0 saturated heterocycles. The first-order valence-corrected chi connectivity index (χ1v) is 12.0. The third kappa shape index (κ3) is 5.03. The van der Waals surface area contributed by atoms with Gasteiger partial charge < -0.3 is 15.0 Å². The highest BCUT2D eigenvalue weighted by atomic mass is 32.2. The van der Waals surface area contributed by atoms with Gasteiger partial charge in [-0.25, -0.2) is 40.9 Å². The van der Waals surface area contributed by atoms with E-state index < -0.39 is 38.8 Å². The van der Waals surface area contributed by atoms with Gasteiger partial charge in [0.2, 0.25) is 21.9 Å². The van der Waals surface area contributed by atoms with Crippen molar-refractivity contribution in [2.24, 2.45) is 10.7 Å². The van der Waals surface area contributed by atoms with Crippen LogP contribution in [-0.4, -0.2) is 46.6 Å². The van der Waals surface area contributed by atoms with Gasteiger partial charge in [0.1, 0.15) is 29.3 Å². The van der Waals surface area contributed by atoms with Crippen LogP contribution in [0.1, 0.15) is 35.2 Å². The molecule has 4 rings (SSSR count). The molecule has 1 aliphatic heterocycles. The van der Waals surface area contributed by atoms with Gasteiger partial charge in [0.25, 0.3) is 0 Å². The largest absolute Gasteiger partial charge is 0.470 e. The van der Waals surface area contributed by atoms with Crippen molar-refractivity contribution in [3.05, 3.63) is 70.5 Å². The van der Waals surface area contributed by atoms with Crippen molar-refractivity contribution in [3.8, 4) is 5.88 Å². The molecule has 1 aromatic carbocycles. The first-order valence-electron chi connectivity index (χ1n) is 10.4. The fourth-order valence-electron chi connectivity index (χ4n) is 3.54. The number of nitrogens with two attached hydrogens (primary N) is 1. The summed E-state index contributed by atoms with van der Waals surface area (Å²) in [5.41, 5.74) is 3.83. The van der Waals surface area contributed by atoms with Crippen LogP contribution < -0.4 is 10.5 Å². The molecule has 1 unspecified atom stereocenters. The minimum Gasteiger partial charge on any atom is -0.470 e. The number of aliphatic imine (C=N–C) groups is 1. The van der Waals surface area contributed by atoms with E-state index in [0.717, 1.165) is 28.7 Å². The number of benzene rings is 1. The summed E-state index contributed by atoms with van der Waals surface area (Å²) < 4.78 is 80.0. The lowest BCUT2D eigenvalue weighted by molar-refractivity contribution is 0.276. The molecule has 10 nitrogen and oxygen atoms in total. The molecule has 190 valence electrons. The number of nitrogens with zero attached hydrogens (tertiary/aromatic N) is 5. The van der Waals surface area contributed by atoms with Crippen LogP contribution in [0.4, 0.5) is 13.2 Å². The summed E-state index contributed by atoms with van der Waals surface area (Å²) in [6.07, 6.45) is 3.20. The van der Waals surface area contributed by atoms with E-state index in [-0.39, 0.29) is 35.3 Å². The highest BCUT2D eigenvalue weighted by Crippen LogP contribution is 2.35. The Balaban J connectivity index is 1.60. The molecule has 3 heterocycles. The maximum absolute atomic E-state index is 14.9. The van der Waals surface area contributed by atoms with E-state index >= 15 is 0 Å². The first kappa shape index (κ1) is 25.2. The molecule has 1 atom stereocenters. The minimum atomic E-state index is -3.94. The summed E-state index contributed by atoms with van der Waals surface area (Å²) in [4.78, 5) is 12.0. The molecule has 0 bridgehead atoms. The number of hydrogen-bond acceptors (Lipinski definition) is 9. The highest BCUT2D eigenvalue weighted by molar-refractivity contribution is 7.89. The lowest BCUT2D eigenvalue weighted by Gasteiger charge is -2.34. The zero-order valence-corrected chi connectivity index (χ0v) is 20.2. The molecular formula is C22H21F3N6O4S. The van der Waals surface area contributed by atoms with Crippen molar-refractivity contribution < 1.29 is 30.8 Å². The van der Waals surface area contributed by atoms with Crippen LogP contribution in [0.25, 0.3) is 11.9 Å². The number of sulfonamides is 1. The standard InChI is InChI=1S/C22H21F3N6O4S/c1-12-4-14(30-35-12)10-34-19-9-27-18(8-28-19)16(23)6-13-5-15(20(25)17(24)7-13)22(2)11-36(32,33)31(3)21(26)29-22/h4-9H,10-11H2,1-3H3,(H2,26,29). The molecule has 0 saturated carbocycles. The third-order valence-corrected chi connectivity index (χ3v) is 7.35. The number of hydrogen-bond donors (Lipinski definition) is 1. The number of halogens is 3. The van der Waals surface area contributed by atoms with Crippen LogP contribution in [0.5, 0.6) is 5.88 Å². The Bertz CT molecular complexity index is 1470. The smallest absolute Gasteiger partial charge is 0.239 e. The van der Waals surface area contributed by atoms with Gasteiger partial charge >= 0.3 is 0 Å². The van der Waals surface area contributed by atoms with Crippen LogP contribution in [0.2, 0.25) is 0 Å². The van der Waals surface area contributed by atoms with Crippen molar-refractivity contribution in [1.82, 2.24) is 19.4 Å². The van der Waals surface area contributed by atoms with Crippen molar-refractivity contribution in [2.45, 2.75) is 26.0 Å². The fraction of sp³-hybridized carbons (Fsp3) is 0.273. The Morgan fingerprint density at radius 1 is 1.28 bits per heavy atom. The lowest BCUT2D eigenvalue weighted by Crippen LogP contribution is -2.50. The van der Waals surface area contributed by atoms with E-state index in [0.29, 0.717) is 11.5 Å². The summed E-state index contributed by atoms with van der Waals surface area (Å²) in [6, 6.07) is 3.56. The molecule has 0 spiro atoms. The van der Waals surface area contributed by atoms with Crippen LogP contribution >= 0.6 is 0 Å². The monoisotopic (exact) mass is 522 g/mol. The molecule has 1 aliphatic rings. The third-order valence-electron chi connectivity index (χ3n) is 5.41. The van der Waals surface area contributed by atoms with E-state index in [4.69, 9.17) is 15.0 Å². The predicted molar refractivity (Wildman–Crippen MR) is 123 cm³/mol. The molecule has 2 aromatic heterocycles. The summed E-state index contributed by atoms with van der Waals surface area (Å²) in [6.45, 7) is 3.10. The topological polar surface area (TPSA) is 137 Å². The van der Waals surface area contributed by atoms with Gasteiger partial charge in [-0.3, -0.25) is 0 Å². The number of aryl methyl sites for hydroxylation is 1. The Hall–Kier alpha value is -3.94. The Morgan fingerprint density at radius 3 is 2.64 bits per heavy atom. The summed E-state index contributed by atoms with van der Waals surface area (Å²) in [5, 5.41) is 3.77. The zero-order chi connectivity index (χ0) is 26.3. The first-order chi connectivity index (χ1) is 16.9. The Kier molecular flexibility index (Phi) is 6.47. The molecule has 0 amide bonds. The van der Waals surface area contributed by atoms with Crippen LogP contribution in [-0.2, 0) is 22.2 Å². The van der Waals surface area contributed by atoms with Gasteiger partial charge in [-0.05, 0) is 37.6 Å². The van der Waals surface area contributed by atoms with Crippen molar-refractivity contribution in [1.29, 1.82) is 0 Å². The minimum absolute atomic E-state index is 0.0681. The quantitative estimate of drug-likeness (QED) is 0.522. The van der Waals surface area contributed by atoms with Crippen LogP contribution in [0.3, 0.4) is 0 Å².